The fourth-order valence-corrected chi connectivity index (χ4v) is 1.36. The molecule has 1 aromatic carbocycles. The highest BCUT2D eigenvalue weighted by molar-refractivity contribution is 5.74. The first kappa shape index (κ1) is 15.5. The van der Waals surface area contributed by atoms with E-state index in [1.54, 1.807) is 19.9 Å². The molecule has 0 bridgehead atoms. The largest absolute Gasteiger partial charge is 0.489 e. The Morgan fingerprint density at radius 1 is 1.37 bits per heavy atom. The third-order valence-electron chi connectivity index (χ3n) is 2.38. The van der Waals surface area contributed by atoms with Gasteiger partial charge in [-0.25, -0.2) is 4.79 Å². The van der Waals surface area contributed by atoms with Gasteiger partial charge < -0.3 is 14.2 Å². The number of rotatable bonds is 8. The molecular formula is C15H21O4. The van der Waals surface area contributed by atoms with E-state index in [0.29, 0.717) is 19.0 Å². The average Bonchev–Trinajstić information content (AvgIpc) is 2.43. The minimum atomic E-state index is -0.536. The third-order valence-corrected chi connectivity index (χ3v) is 2.38. The number of ether oxygens (including phenoxy) is 3. The molecule has 105 valence electrons. The highest BCUT2D eigenvalue weighted by atomic mass is 16.6. The fourth-order valence-electron chi connectivity index (χ4n) is 1.36. The number of esters is 1. The van der Waals surface area contributed by atoms with Crippen molar-refractivity contribution in [3.8, 4) is 5.75 Å². The van der Waals surface area contributed by atoms with Gasteiger partial charge in [0.05, 0.1) is 0 Å². The predicted octanol–water partition coefficient (Wildman–Crippen LogP) is 2.61. The number of hydrogen-bond donors (Lipinski definition) is 0. The summed E-state index contributed by atoms with van der Waals surface area (Å²) in [6.07, 6.45) is 0.0135. The van der Waals surface area contributed by atoms with E-state index < -0.39 is 6.10 Å². The van der Waals surface area contributed by atoms with Crippen molar-refractivity contribution in [2.45, 2.75) is 39.4 Å². The highest BCUT2D eigenvalue weighted by Crippen LogP contribution is 2.08. The molecule has 2 atom stereocenters. The Bertz CT molecular complexity index is 364. The average molecular weight is 265 g/mol. The van der Waals surface area contributed by atoms with Crippen LogP contribution in [-0.4, -0.2) is 31.4 Å². The molecule has 0 aliphatic carbocycles. The zero-order valence-electron chi connectivity index (χ0n) is 11.7. The molecule has 1 rings (SSSR count). The van der Waals surface area contributed by atoms with E-state index in [9.17, 15) is 4.79 Å². The van der Waals surface area contributed by atoms with Crippen LogP contribution in [0.15, 0.2) is 24.3 Å². The summed E-state index contributed by atoms with van der Waals surface area (Å²) in [5.41, 5.74) is 0. The quantitative estimate of drug-likeness (QED) is 0.678. The lowest BCUT2D eigenvalue weighted by molar-refractivity contribution is -0.162. The van der Waals surface area contributed by atoms with Gasteiger partial charge >= 0.3 is 5.97 Å². The lowest BCUT2D eigenvalue weighted by atomic mass is 10.3. The van der Waals surface area contributed by atoms with Crippen molar-refractivity contribution in [1.82, 2.24) is 0 Å². The van der Waals surface area contributed by atoms with Crippen LogP contribution in [0.2, 0.25) is 0 Å². The molecule has 0 fully saturated rings. The Morgan fingerprint density at radius 3 is 2.79 bits per heavy atom. The number of para-hydroxylation sites is 1. The number of carbonyl (C=O) groups excluding carboxylic acids is 1. The first-order valence-corrected chi connectivity index (χ1v) is 6.55. The van der Waals surface area contributed by atoms with E-state index in [-0.39, 0.29) is 12.1 Å². The summed E-state index contributed by atoms with van der Waals surface area (Å²) in [5, 5.41) is 0. The monoisotopic (exact) mass is 265 g/mol. The maximum absolute atomic E-state index is 11.7. The minimum Gasteiger partial charge on any atom is -0.489 e. The fraction of sp³-hybridized carbons (Fsp3) is 0.533. The molecule has 0 amide bonds. The minimum absolute atomic E-state index is 0.298. The van der Waals surface area contributed by atoms with Gasteiger partial charge in [0.2, 0.25) is 0 Å². The van der Waals surface area contributed by atoms with Gasteiger partial charge in [0.1, 0.15) is 18.5 Å². The standard InChI is InChI=1S/C15H21O4/c1-4-10-17-13(3)15(16)19-12(2)11-18-14-8-6-5-7-9-14/h5-8,12-13H,4,10-11H2,1-3H3. The first-order valence-electron chi connectivity index (χ1n) is 6.55. The zero-order valence-corrected chi connectivity index (χ0v) is 11.7. The summed E-state index contributed by atoms with van der Waals surface area (Å²) in [6.45, 7) is 6.32. The Morgan fingerprint density at radius 2 is 2.16 bits per heavy atom. The van der Waals surface area contributed by atoms with Crippen LogP contribution in [0.1, 0.15) is 27.2 Å². The summed E-state index contributed by atoms with van der Waals surface area (Å²) >= 11 is 0. The Balaban J connectivity index is 2.26. The van der Waals surface area contributed by atoms with Gasteiger partial charge in [0.15, 0.2) is 6.10 Å². The molecule has 0 spiro atoms. The molecule has 0 aliphatic rings. The molecular weight excluding hydrogens is 244 g/mol. The predicted molar refractivity (Wildman–Crippen MR) is 72.0 cm³/mol. The van der Waals surface area contributed by atoms with Crippen LogP contribution in [0, 0.1) is 6.07 Å². The lowest BCUT2D eigenvalue weighted by Gasteiger charge is -2.17. The number of hydrogen-bond acceptors (Lipinski definition) is 4. The molecule has 1 aromatic rings. The van der Waals surface area contributed by atoms with E-state index in [1.165, 1.54) is 0 Å². The second-order valence-electron chi connectivity index (χ2n) is 4.30. The molecule has 0 saturated carbocycles. The van der Waals surface area contributed by atoms with Crippen LogP contribution < -0.4 is 4.74 Å². The molecule has 0 N–H and O–H groups in total. The van der Waals surface area contributed by atoms with Crippen LogP contribution in [0.3, 0.4) is 0 Å². The molecule has 19 heavy (non-hydrogen) atoms. The van der Waals surface area contributed by atoms with Crippen LogP contribution in [-0.2, 0) is 14.3 Å². The third kappa shape index (κ3) is 6.25. The van der Waals surface area contributed by atoms with Crippen LogP contribution in [0.4, 0.5) is 0 Å². The lowest BCUT2D eigenvalue weighted by Crippen LogP contribution is -2.30. The molecule has 0 saturated heterocycles. The van der Waals surface area contributed by atoms with Crippen molar-refractivity contribution in [3.05, 3.63) is 30.3 Å². The molecule has 4 heteroatoms. The maximum Gasteiger partial charge on any atom is 0.335 e. The van der Waals surface area contributed by atoms with E-state index in [0.717, 1.165) is 6.42 Å². The van der Waals surface area contributed by atoms with Crippen molar-refractivity contribution >= 4 is 5.97 Å². The van der Waals surface area contributed by atoms with Gasteiger partial charge in [-0.05, 0) is 26.3 Å². The molecule has 0 heterocycles. The number of benzene rings is 1. The highest BCUT2D eigenvalue weighted by Gasteiger charge is 2.18. The smallest absolute Gasteiger partial charge is 0.335 e. The summed E-state index contributed by atoms with van der Waals surface area (Å²) in [7, 11) is 0. The molecule has 1 radical (unpaired) electrons. The Hall–Kier alpha value is -1.55. The molecule has 4 nitrogen and oxygen atoms in total. The van der Waals surface area contributed by atoms with Crippen molar-refractivity contribution in [3.63, 3.8) is 0 Å². The molecule has 2 unspecified atom stereocenters. The van der Waals surface area contributed by atoms with Gasteiger partial charge in [0.25, 0.3) is 0 Å². The second-order valence-corrected chi connectivity index (χ2v) is 4.30. The van der Waals surface area contributed by atoms with Gasteiger partial charge in [0, 0.05) is 12.7 Å². The van der Waals surface area contributed by atoms with Crippen molar-refractivity contribution in [2.75, 3.05) is 13.2 Å². The van der Waals surface area contributed by atoms with Gasteiger partial charge in [-0.1, -0.05) is 25.1 Å². The summed E-state index contributed by atoms with van der Waals surface area (Å²) in [5.74, 6) is 0.280. The molecule has 0 aliphatic heterocycles. The van der Waals surface area contributed by atoms with E-state index in [1.807, 2.05) is 25.1 Å². The molecule has 0 aromatic heterocycles. The summed E-state index contributed by atoms with van der Waals surface area (Å²) in [4.78, 5) is 11.7. The second kappa shape index (κ2) is 8.53. The van der Waals surface area contributed by atoms with E-state index in [4.69, 9.17) is 14.2 Å². The van der Waals surface area contributed by atoms with Crippen molar-refractivity contribution in [1.29, 1.82) is 0 Å². The Labute approximate surface area is 114 Å². The van der Waals surface area contributed by atoms with Gasteiger partial charge in [-0.2, -0.15) is 0 Å². The SMILES string of the molecule is CCCOC(C)C(=O)OC(C)COc1[c]cccc1. The van der Waals surface area contributed by atoms with Crippen LogP contribution in [0.5, 0.6) is 5.75 Å². The van der Waals surface area contributed by atoms with Gasteiger partial charge in [-0.15, -0.1) is 0 Å². The van der Waals surface area contributed by atoms with Gasteiger partial charge in [-0.3, -0.25) is 0 Å². The van der Waals surface area contributed by atoms with Crippen molar-refractivity contribution < 1.29 is 19.0 Å². The zero-order chi connectivity index (χ0) is 14.1. The van der Waals surface area contributed by atoms with Crippen molar-refractivity contribution in [2.24, 2.45) is 0 Å². The van der Waals surface area contributed by atoms with Crippen LogP contribution >= 0.6 is 0 Å². The first-order chi connectivity index (χ1) is 9.13. The Kier molecular flexibility index (Phi) is 6.97. The summed E-state index contributed by atoms with van der Waals surface area (Å²) in [6, 6.07) is 10.2. The summed E-state index contributed by atoms with van der Waals surface area (Å²) < 4.78 is 16.0. The van der Waals surface area contributed by atoms with Crippen LogP contribution in [0.25, 0.3) is 0 Å². The number of carbonyl (C=O) groups is 1. The van der Waals surface area contributed by atoms with E-state index in [2.05, 4.69) is 6.07 Å². The topological polar surface area (TPSA) is 44.8 Å². The normalized spacial score (nSPS) is 13.6. The maximum atomic E-state index is 11.7. The van der Waals surface area contributed by atoms with E-state index >= 15 is 0 Å².